The molecule has 180 valence electrons. The molecule has 0 fully saturated rings. The highest BCUT2D eigenvalue weighted by atomic mass is 16.5. The molecule has 0 spiro atoms. The van der Waals surface area contributed by atoms with Crippen LogP contribution in [0.4, 0.5) is 5.69 Å². The van der Waals surface area contributed by atoms with E-state index in [2.05, 4.69) is 10.1 Å². The SMILES string of the molecule is COC(=O)Cc1[nH]n(-c2ccc(OC)cc2)c(=O)c1C(C)=Nc1cc(OC)c(OC)c(OC)c1. The summed E-state index contributed by atoms with van der Waals surface area (Å²) in [5, 5.41) is 3.01. The standard InChI is InChI=1S/C24H27N3O7/c1-14(25-15-11-19(31-3)23(34-6)20(12-15)32-4)22-18(13-21(28)33-5)26-27(24(22)29)16-7-9-17(30-2)10-8-16/h7-12,26H,13H2,1-6H3. The Balaban J connectivity index is 2.15. The molecule has 3 rings (SSSR count). The van der Waals surface area contributed by atoms with Gasteiger partial charge >= 0.3 is 5.97 Å². The molecule has 2 aromatic carbocycles. The first kappa shape index (κ1) is 24.4. The Kier molecular flexibility index (Phi) is 7.62. The molecule has 1 heterocycles. The van der Waals surface area contributed by atoms with E-state index in [4.69, 9.17) is 23.7 Å². The van der Waals surface area contributed by atoms with Crippen molar-refractivity contribution in [3.8, 4) is 28.7 Å². The number of carbonyl (C=O) groups is 1. The van der Waals surface area contributed by atoms with Crippen LogP contribution < -0.4 is 24.5 Å². The number of carbonyl (C=O) groups excluding carboxylic acids is 1. The molecule has 0 saturated carbocycles. The van der Waals surface area contributed by atoms with Crippen molar-refractivity contribution in [2.24, 2.45) is 4.99 Å². The molecule has 1 N–H and O–H groups in total. The Morgan fingerprint density at radius 1 is 0.941 bits per heavy atom. The second-order valence-electron chi connectivity index (χ2n) is 7.14. The summed E-state index contributed by atoms with van der Waals surface area (Å²) >= 11 is 0. The average molecular weight is 469 g/mol. The van der Waals surface area contributed by atoms with E-state index in [9.17, 15) is 9.59 Å². The van der Waals surface area contributed by atoms with Gasteiger partial charge in [0.1, 0.15) is 5.75 Å². The molecule has 1 aromatic heterocycles. The third-order valence-corrected chi connectivity index (χ3v) is 5.15. The Labute approximate surface area is 196 Å². The van der Waals surface area contributed by atoms with Crippen molar-refractivity contribution in [2.45, 2.75) is 13.3 Å². The van der Waals surface area contributed by atoms with Gasteiger partial charge < -0.3 is 23.7 Å². The highest BCUT2D eigenvalue weighted by molar-refractivity contribution is 6.01. The number of hydrogen-bond donors (Lipinski definition) is 1. The van der Waals surface area contributed by atoms with Gasteiger partial charge in [0.05, 0.1) is 70.3 Å². The van der Waals surface area contributed by atoms with Crippen LogP contribution in [0.1, 0.15) is 18.2 Å². The van der Waals surface area contributed by atoms with Gasteiger partial charge in [0.2, 0.25) is 5.75 Å². The number of esters is 1. The van der Waals surface area contributed by atoms with E-state index < -0.39 is 5.97 Å². The quantitative estimate of drug-likeness (QED) is 0.378. The van der Waals surface area contributed by atoms with Gasteiger partial charge in [0.15, 0.2) is 11.5 Å². The minimum Gasteiger partial charge on any atom is -0.497 e. The average Bonchev–Trinajstić information content (AvgIpc) is 3.18. The third-order valence-electron chi connectivity index (χ3n) is 5.15. The maximum Gasteiger partial charge on any atom is 0.311 e. The largest absolute Gasteiger partial charge is 0.497 e. The van der Waals surface area contributed by atoms with Crippen LogP contribution in [-0.2, 0) is 16.0 Å². The van der Waals surface area contributed by atoms with Gasteiger partial charge in [0.25, 0.3) is 5.56 Å². The molecule has 0 aliphatic carbocycles. The van der Waals surface area contributed by atoms with E-state index in [0.29, 0.717) is 45.8 Å². The molecule has 0 aliphatic rings. The molecule has 0 saturated heterocycles. The van der Waals surface area contributed by atoms with Crippen LogP contribution in [0.5, 0.6) is 23.0 Å². The van der Waals surface area contributed by atoms with Gasteiger partial charge in [-0.15, -0.1) is 0 Å². The number of benzene rings is 2. The number of aliphatic imine (C=N–C) groups is 1. The van der Waals surface area contributed by atoms with Crippen molar-refractivity contribution in [2.75, 3.05) is 35.5 Å². The lowest BCUT2D eigenvalue weighted by molar-refractivity contribution is -0.139. The smallest absolute Gasteiger partial charge is 0.311 e. The highest BCUT2D eigenvalue weighted by Crippen LogP contribution is 2.41. The summed E-state index contributed by atoms with van der Waals surface area (Å²) in [5.74, 6) is 1.43. The predicted molar refractivity (Wildman–Crippen MR) is 127 cm³/mol. The first-order valence-corrected chi connectivity index (χ1v) is 10.3. The number of rotatable bonds is 9. The van der Waals surface area contributed by atoms with Crippen molar-refractivity contribution >= 4 is 17.4 Å². The van der Waals surface area contributed by atoms with E-state index in [1.165, 1.54) is 33.1 Å². The number of aromatic amines is 1. The van der Waals surface area contributed by atoms with Crippen LogP contribution in [0.15, 0.2) is 46.2 Å². The number of aromatic nitrogens is 2. The maximum absolute atomic E-state index is 13.4. The molecular weight excluding hydrogens is 442 g/mol. The fourth-order valence-corrected chi connectivity index (χ4v) is 3.49. The summed E-state index contributed by atoms with van der Waals surface area (Å²) in [6.45, 7) is 1.69. The Morgan fingerprint density at radius 2 is 1.56 bits per heavy atom. The van der Waals surface area contributed by atoms with Crippen molar-refractivity contribution < 1.29 is 28.5 Å². The molecule has 10 heteroatoms. The normalized spacial score (nSPS) is 11.2. The van der Waals surface area contributed by atoms with Crippen molar-refractivity contribution in [1.29, 1.82) is 0 Å². The summed E-state index contributed by atoms with van der Waals surface area (Å²) in [4.78, 5) is 30.0. The number of ether oxygens (including phenoxy) is 5. The monoisotopic (exact) mass is 469 g/mol. The molecule has 0 aliphatic heterocycles. The molecule has 0 bridgehead atoms. The summed E-state index contributed by atoms with van der Waals surface area (Å²) in [6, 6.07) is 10.3. The highest BCUT2D eigenvalue weighted by Gasteiger charge is 2.21. The summed E-state index contributed by atoms with van der Waals surface area (Å²) < 4.78 is 27.5. The first-order chi connectivity index (χ1) is 16.4. The number of methoxy groups -OCH3 is 5. The Hall–Kier alpha value is -4.21. The zero-order valence-electron chi connectivity index (χ0n) is 19.9. The van der Waals surface area contributed by atoms with Crippen LogP contribution in [0, 0.1) is 0 Å². The number of H-pyrrole nitrogens is 1. The fourth-order valence-electron chi connectivity index (χ4n) is 3.49. The molecule has 0 amide bonds. The van der Waals surface area contributed by atoms with Crippen molar-refractivity contribution in [3.05, 3.63) is 58.0 Å². The van der Waals surface area contributed by atoms with E-state index in [1.807, 2.05) is 0 Å². The molecular formula is C24H27N3O7. The van der Waals surface area contributed by atoms with Gasteiger partial charge in [-0.1, -0.05) is 0 Å². The first-order valence-electron chi connectivity index (χ1n) is 10.3. The zero-order valence-corrected chi connectivity index (χ0v) is 19.9. The molecule has 0 radical (unpaired) electrons. The van der Waals surface area contributed by atoms with E-state index in [0.717, 1.165) is 0 Å². The fraction of sp³-hybridized carbons (Fsp3) is 0.292. The van der Waals surface area contributed by atoms with Gasteiger partial charge in [-0.3, -0.25) is 19.7 Å². The predicted octanol–water partition coefficient (Wildman–Crippen LogP) is 3.06. The van der Waals surface area contributed by atoms with E-state index in [-0.39, 0.29) is 17.5 Å². The van der Waals surface area contributed by atoms with Crippen LogP contribution in [-0.4, -0.2) is 57.0 Å². The van der Waals surface area contributed by atoms with Crippen LogP contribution >= 0.6 is 0 Å². The lowest BCUT2D eigenvalue weighted by atomic mass is 10.1. The molecule has 0 atom stereocenters. The molecule has 0 unspecified atom stereocenters. The van der Waals surface area contributed by atoms with Crippen LogP contribution in [0.25, 0.3) is 5.69 Å². The lowest BCUT2D eigenvalue weighted by Gasteiger charge is -2.13. The van der Waals surface area contributed by atoms with Crippen molar-refractivity contribution in [1.82, 2.24) is 9.78 Å². The summed E-state index contributed by atoms with van der Waals surface area (Å²) in [7, 11) is 7.37. The topological polar surface area (TPSA) is 113 Å². The van der Waals surface area contributed by atoms with Gasteiger partial charge in [0, 0.05) is 12.1 Å². The summed E-state index contributed by atoms with van der Waals surface area (Å²) in [6.07, 6.45) is -0.133. The molecule has 34 heavy (non-hydrogen) atoms. The van der Waals surface area contributed by atoms with E-state index in [1.54, 1.807) is 50.4 Å². The number of nitrogens with one attached hydrogen (secondary N) is 1. The minimum absolute atomic E-state index is 0.133. The second kappa shape index (κ2) is 10.6. The minimum atomic E-state index is -0.495. The van der Waals surface area contributed by atoms with E-state index >= 15 is 0 Å². The van der Waals surface area contributed by atoms with Gasteiger partial charge in [-0.25, -0.2) is 4.68 Å². The number of hydrogen-bond acceptors (Lipinski definition) is 8. The number of nitrogens with zero attached hydrogens (tertiary/aromatic N) is 2. The summed E-state index contributed by atoms with van der Waals surface area (Å²) in [5.41, 5.74) is 1.71. The van der Waals surface area contributed by atoms with Gasteiger partial charge in [-0.2, -0.15) is 0 Å². The van der Waals surface area contributed by atoms with Crippen LogP contribution in [0.3, 0.4) is 0 Å². The third kappa shape index (κ3) is 4.90. The Morgan fingerprint density at radius 3 is 2.06 bits per heavy atom. The Bertz CT molecular complexity index is 1230. The molecule has 10 nitrogen and oxygen atoms in total. The van der Waals surface area contributed by atoms with Crippen molar-refractivity contribution in [3.63, 3.8) is 0 Å². The zero-order chi connectivity index (χ0) is 24.8. The van der Waals surface area contributed by atoms with Gasteiger partial charge in [-0.05, 0) is 31.2 Å². The molecule has 3 aromatic rings. The maximum atomic E-state index is 13.4. The second-order valence-corrected chi connectivity index (χ2v) is 7.14. The van der Waals surface area contributed by atoms with Crippen LogP contribution in [0.2, 0.25) is 0 Å². The lowest BCUT2D eigenvalue weighted by Crippen LogP contribution is -2.20.